The standard InChI is InChI=1S/C15H17F5O/c1-21-11-10(16)14(19)12(17)8-6-4-2-3-5-7-9(8)13(12,18)15(11,14)20/h8-9H,2-7H2,1H3/t8-,9+,12-,13+,14+,15-/m0/s1. The molecular formula is C15H17F5O. The van der Waals surface area contributed by atoms with Crippen molar-refractivity contribution >= 4 is 0 Å². The monoisotopic (exact) mass is 308 g/mol. The fraction of sp³-hybridized carbons (Fsp3) is 0.867. The van der Waals surface area contributed by atoms with Gasteiger partial charge in [-0.15, -0.1) is 0 Å². The van der Waals surface area contributed by atoms with Crippen LogP contribution < -0.4 is 0 Å². The minimum absolute atomic E-state index is 0.282. The first-order valence-electron chi connectivity index (χ1n) is 7.53. The van der Waals surface area contributed by atoms with E-state index in [-0.39, 0.29) is 6.42 Å². The Morgan fingerprint density at radius 3 is 1.81 bits per heavy atom. The molecule has 3 fully saturated rings. The lowest BCUT2D eigenvalue weighted by molar-refractivity contribution is -0.450. The first kappa shape index (κ1) is 13.8. The number of allylic oxidation sites excluding steroid dienone is 2. The van der Waals surface area contributed by atoms with Gasteiger partial charge in [0.2, 0.25) is 5.67 Å². The quantitative estimate of drug-likeness (QED) is 0.657. The Morgan fingerprint density at radius 2 is 1.33 bits per heavy atom. The highest BCUT2D eigenvalue weighted by molar-refractivity contribution is 5.66. The molecule has 0 aliphatic heterocycles. The van der Waals surface area contributed by atoms with Crippen molar-refractivity contribution in [2.45, 2.75) is 61.2 Å². The zero-order valence-corrected chi connectivity index (χ0v) is 11.7. The molecule has 0 unspecified atom stereocenters. The normalized spacial score (nSPS) is 58.4. The summed E-state index contributed by atoms with van der Waals surface area (Å²) in [5, 5.41) is 0. The van der Waals surface area contributed by atoms with Gasteiger partial charge in [-0.25, -0.2) is 22.0 Å². The fourth-order valence-electron chi connectivity index (χ4n) is 5.44. The fourth-order valence-corrected chi connectivity index (χ4v) is 5.44. The number of ether oxygens (including phenoxy) is 1. The van der Waals surface area contributed by atoms with E-state index >= 15 is 8.78 Å². The third-order valence-corrected chi connectivity index (χ3v) is 6.31. The van der Waals surface area contributed by atoms with Crippen LogP contribution in [0.1, 0.15) is 38.5 Å². The summed E-state index contributed by atoms with van der Waals surface area (Å²) in [6.07, 6.45) is 3.63. The van der Waals surface area contributed by atoms with Gasteiger partial charge in [-0.3, -0.25) is 0 Å². The van der Waals surface area contributed by atoms with Gasteiger partial charge in [0.15, 0.2) is 22.9 Å². The lowest BCUT2D eigenvalue weighted by Gasteiger charge is -2.81. The van der Waals surface area contributed by atoms with Gasteiger partial charge in [0.25, 0.3) is 5.67 Å². The number of rotatable bonds is 1. The minimum Gasteiger partial charge on any atom is -0.495 e. The molecule has 0 heterocycles. The van der Waals surface area contributed by atoms with Crippen LogP contribution in [0, 0.1) is 11.8 Å². The summed E-state index contributed by atoms with van der Waals surface area (Å²) in [6, 6.07) is 0. The molecule has 6 atom stereocenters. The summed E-state index contributed by atoms with van der Waals surface area (Å²) in [5.74, 6) is -4.44. The Kier molecular flexibility index (Phi) is 2.35. The van der Waals surface area contributed by atoms with Crippen molar-refractivity contribution in [1.82, 2.24) is 0 Å². The number of halogens is 5. The van der Waals surface area contributed by atoms with Crippen molar-refractivity contribution in [2.75, 3.05) is 7.11 Å². The van der Waals surface area contributed by atoms with Gasteiger partial charge in [0.1, 0.15) is 0 Å². The second kappa shape index (κ2) is 3.57. The van der Waals surface area contributed by atoms with Gasteiger partial charge in [-0.1, -0.05) is 25.7 Å². The SMILES string of the molecule is COC1=C(F)[C@]2(F)[C@@]1(F)[C@@]1(F)[C@@H]3CCCCCC[C@@H]3[C@@]21F. The average Bonchev–Trinajstić information content (AvgIpc) is 2.44. The molecule has 0 bridgehead atoms. The van der Waals surface area contributed by atoms with Crippen LogP contribution in [0.2, 0.25) is 0 Å². The van der Waals surface area contributed by atoms with Crippen molar-refractivity contribution in [2.24, 2.45) is 11.8 Å². The number of methoxy groups -OCH3 is 1. The van der Waals surface area contributed by atoms with Crippen LogP contribution in [0.15, 0.2) is 11.6 Å². The van der Waals surface area contributed by atoms with Gasteiger partial charge < -0.3 is 4.74 Å². The summed E-state index contributed by atoms with van der Waals surface area (Å²) < 4.78 is 78.2. The van der Waals surface area contributed by atoms with Crippen LogP contribution in [-0.4, -0.2) is 29.8 Å². The van der Waals surface area contributed by atoms with Gasteiger partial charge in [-0.05, 0) is 12.8 Å². The predicted molar refractivity (Wildman–Crippen MR) is 65.2 cm³/mol. The number of hydrogen-bond acceptors (Lipinski definition) is 1. The zero-order valence-electron chi connectivity index (χ0n) is 11.7. The highest BCUT2D eigenvalue weighted by Gasteiger charge is 3.09. The molecule has 6 heteroatoms. The topological polar surface area (TPSA) is 9.23 Å². The first-order valence-corrected chi connectivity index (χ1v) is 7.53. The Bertz CT molecular complexity index is 550. The van der Waals surface area contributed by atoms with Crippen molar-refractivity contribution in [3.8, 4) is 0 Å². The molecule has 0 N–H and O–H groups in total. The van der Waals surface area contributed by atoms with E-state index in [2.05, 4.69) is 4.74 Å². The maximum Gasteiger partial charge on any atom is 0.250 e. The predicted octanol–water partition coefficient (Wildman–Crippen LogP) is 4.27. The van der Waals surface area contributed by atoms with Gasteiger partial charge in [-0.2, -0.15) is 0 Å². The van der Waals surface area contributed by atoms with Gasteiger partial charge in [0, 0.05) is 11.8 Å². The molecule has 4 rings (SSSR count). The molecule has 0 amide bonds. The first-order chi connectivity index (χ1) is 9.83. The molecule has 4 aliphatic carbocycles. The third-order valence-electron chi connectivity index (χ3n) is 6.31. The zero-order chi connectivity index (χ0) is 15.3. The molecule has 3 saturated carbocycles. The Hall–Kier alpha value is -0.810. The van der Waals surface area contributed by atoms with E-state index in [9.17, 15) is 13.2 Å². The Morgan fingerprint density at radius 1 is 0.857 bits per heavy atom. The van der Waals surface area contributed by atoms with E-state index in [1.165, 1.54) is 0 Å². The van der Waals surface area contributed by atoms with E-state index in [1.807, 2.05) is 0 Å². The van der Waals surface area contributed by atoms with Gasteiger partial charge >= 0.3 is 0 Å². The molecule has 21 heavy (non-hydrogen) atoms. The number of alkyl halides is 4. The average molecular weight is 308 g/mol. The largest absolute Gasteiger partial charge is 0.495 e. The van der Waals surface area contributed by atoms with Crippen LogP contribution in [0.25, 0.3) is 0 Å². The molecular weight excluding hydrogens is 291 g/mol. The lowest BCUT2D eigenvalue weighted by Crippen LogP contribution is -3.03. The van der Waals surface area contributed by atoms with E-state index in [1.54, 1.807) is 0 Å². The third kappa shape index (κ3) is 0.928. The van der Waals surface area contributed by atoms with Crippen LogP contribution in [0.4, 0.5) is 22.0 Å². The summed E-state index contributed by atoms with van der Waals surface area (Å²) in [5.41, 5.74) is -12.9. The molecule has 0 saturated heterocycles. The van der Waals surface area contributed by atoms with E-state index < -0.39 is 46.1 Å². The number of hydrogen-bond donors (Lipinski definition) is 0. The molecule has 0 aromatic heterocycles. The van der Waals surface area contributed by atoms with Crippen molar-refractivity contribution in [3.05, 3.63) is 11.6 Å². The molecule has 118 valence electrons. The highest BCUT2D eigenvalue weighted by Crippen LogP contribution is 2.88. The summed E-state index contributed by atoms with van der Waals surface area (Å²) in [7, 11) is 0.950. The molecule has 0 spiro atoms. The van der Waals surface area contributed by atoms with Gasteiger partial charge in [0.05, 0.1) is 7.11 Å². The summed E-state index contributed by atoms with van der Waals surface area (Å²) in [6.45, 7) is 0. The second-order valence-corrected chi connectivity index (χ2v) is 6.79. The van der Waals surface area contributed by atoms with Crippen LogP contribution in [-0.2, 0) is 4.74 Å². The van der Waals surface area contributed by atoms with Crippen molar-refractivity contribution < 1.29 is 26.7 Å². The van der Waals surface area contributed by atoms with Crippen molar-refractivity contribution in [3.63, 3.8) is 0 Å². The maximum absolute atomic E-state index is 15.2. The smallest absolute Gasteiger partial charge is 0.250 e. The Balaban J connectivity index is 1.82. The summed E-state index contributed by atoms with van der Waals surface area (Å²) >= 11 is 0. The summed E-state index contributed by atoms with van der Waals surface area (Å²) in [4.78, 5) is 0. The van der Waals surface area contributed by atoms with E-state index in [4.69, 9.17) is 0 Å². The lowest BCUT2D eigenvalue weighted by atomic mass is 9.26. The van der Waals surface area contributed by atoms with Crippen LogP contribution in [0.5, 0.6) is 0 Å². The van der Waals surface area contributed by atoms with E-state index in [0.717, 1.165) is 20.0 Å². The molecule has 0 aromatic rings. The minimum atomic E-state index is -3.50. The number of fused-ring (bicyclic) bond motifs is 7. The molecule has 0 radical (unpaired) electrons. The Labute approximate surface area is 119 Å². The molecule has 1 nitrogen and oxygen atoms in total. The highest BCUT2D eigenvalue weighted by atomic mass is 19.2. The molecule has 0 aromatic carbocycles. The van der Waals surface area contributed by atoms with Crippen molar-refractivity contribution in [1.29, 1.82) is 0 Å². The van der Waals surface area contributed by atoms with Crippen LogP contribution in [0.3, 0.4) is 0 Å². The van der Waals surface area contributed by atoms with Crippen LogP contribution >= 0.6 is 0 Å². The maximum atomic E-state index is 15.2. The molecule has 4 aliphatic rings. The second-order valence-electron chi connectivity index (χ2n) is 6.79. The van der Waals surface area contributed by atoms with E-state index in [0.29, 0.717) is 19.3 Å².